The van der Waals surface area contributed by atoms with E-state index in [1.165, 1.54) is 36.2 Å². The molecule has 2 N–H and O–H groups in total. The minimum atomic E-state index is -0.171. The number of amides is 3. The molecule has 1 aromatic heterocycles. The smallest absolute Gasteiger partial charge is 0.322 e. The molecule has 1 fully saturated rings. The zero-order chi connectivity index (χ0) is 22.4. The van der Waals surface area contributed by atoms with Gasteiger partial charge in [-0.25, -0.2) is 9.78 Å². The molecule has 7 heteroatoms. The fourth-order valence-electron chi connectivity index (χ4n) is 3.78. The van der Waals surface area contributed by atoms with Crippen molar-refractivity contribution in [2.75, 3.05) is 5.32 Å². The molecule has 3 amide bonds. The Morgan fingerprint density at radius 2 is 1.77 bits per heavy atom. The van der Waals surface area contributed by atoms with E-state index in [0.717, 1.165) is 23.5 Å². The number of hydrogen-bond donors (Lipinski definition) is 2. The SMILES string of the molecule is CC(C)c1ccc(NC(=O)N(Cc2nc(C(=O)NC3CCCCC3)cs2)C(C)C)cc1. The number of hydrogen-bond acceptors (Lipinski definition) is 4. The van der Waals surface area contributed by atoms with Crippen molar-refractivity contribution in [1.82, 2.24) is 15.2 Å². The number of aromatic nitrogens is 1. The number of nitrogens with one attached hydrogen (secondary N) is 2. The number of carbonyl (C=O) groups excluding carboxylic acids is 2. The van der Waals surface area contributed by atoms with Gasteiger partial charge in [-0.2, -0.15) is 0 Å². The third-order valence-corrected chi connectivity index (χ3v) is 6.58. The van der Waals surface area contributed by atoms with Crippen molar-refractivity contribution in [2.45, 2.75) is 84.3 Å². The van der Waals surface area contributed by atoms with Crippen molar-refractivity contribution in [3.8, 4) is 0 Å². The summed E-state index contributed by atoms with van der Waals surface area (Å²) in [5.41, 5.74) is 2.45. The molecule has 1 saturated carbocycles. The van der Waals surface area contributed by atoms with Crippen molar-refractivity contribution < 1.29 is 9.59 Å². The Morgan fingerprint density at radius 3 is 2.39 bits per heavy atom. The van der Waals surface area contributed by atoms with Crippen LogP contribution in [0.2, 0.25) is 0 Å². The summed E-state index contributed by atoms with van der Waals surface area (Å²) in [5, 5.41) is 8.63. The number of rotatable bonds is 7. The van der Waals surface area contributed by atoms with Crippen LogP contribution in [0.25, 0.3) is 0 Å². The highest BCUT2D eigenvalue weighted by Crippen LogP contribution is 2.20. The highest BCUT2D eigenvalue weighted by molar-refractivity contribution is 7.09. The van der Waals surface area contributed by atoms with Gasteiger partial charge in [0.15, 0.2) is 0 Å². The van der Waals surface area contributed by atoms with Crippen molar-refractivity contribution in [2.24, 2.45) is 0 Å². The Hall–Kier alpha value is -2.41. The molecule has 3 rings (SSSR count). The maximum atomic E-state index is 12.9. The lowest BCUT2D eigenvalue weighted by Gasteiger charge is -2.26. The van der Waals surface area contributed by atoms with Crippen molar-refractivity contribution in [3.05, 3.63) is 45.9 Å². The molecule has 2 aromatic rings. The molecule has 168 valence electrons. The van der Waals surface area contributed by atoms with E-state index in [9.17, 15) is 9.59 Å². The van der Waals surface area contributed by atoms with Gasteiger partial charge in [0.25, 0.3) is 5.91 Å². The van der Waals surface area contributed by atoms with Gasteiger partial charge in [-0.3, -0.25) is 4.79 Å². The van der Waals surface area contributed by atoms with E-state index in [2.05, 4.69) is 29.5 Å². The average Bonchev–Trinajstić information content (AvgIpc) is 3.22. The van der Waals surface area contributed by atoms with E-state index in [-0.39, 0.29) is 24.0 Å². The van der Waals surface area contributed by atoms with E-state index in [1.807, 2.05) is 38.1 Å². The Kier molecular flexibility index (Phi) is 8.07. The Labute approximate surface area is 189 Å². The number of nitrogens with zero attached hydrogens (tertiary/aromatic N) is 2. The first-order valence-electron chi connectivity index (χ1n) is 11.3. The molecular formula is C24H34N4O2S. The molecule has 1 aromatic carbocycles. The number of carbonyl (C=O) groups is 2. The highest BCUT2D eigenvalue weighted by Gasteiger charge is 2.22. The van der Waals surface area contributed by atoms with Crippen LogP contribution in [0.15, 0.2) is 29.6 Å². The van der Waals surface area contributed by atoms with Crippen molar-refractivity contribution in [1.29, 1.82) is 0 Å². The monoisotopic (exact) mass is 442 g/mol. The molecule has 0 radical (unpaired) electrons. The standard InChI is InChI=1S/C24H34N4O2S/c1-16(2)18-10-12-20(13-11-18)26-24(30)28(17(3)4)14-22-27-21(15-31-22)23(29)25-19-8-6-5-7-9-19/h10-13,15-17,19H,5-9,14H2,1-4H3,(H,25,29)(H,26,30). The quantitative estimate of drug-likeness (QED) is 0.571. The second-order valence-corrected chi connectivity index (χ2v) is 9.81. The lowest BCUT2D eigenvalue weighted by molar-refractivity contribution is 0.0923. The summed E-state index contributed by atoms with van der Waals surface area (Å²) in [5.74, 6) is 0.339. The third kappa shape index (κ3) is 6.53. The lowest BCUT2D eigenvalue weighted by Crippen LogP contribution is -2.39. The Balaban J connectivity index is 1.60. The van der Waals surface area contributed by atoms with E-state index in [4.69, 9.17) is 0 Å². The maximum Gasteiger partial charge on any atom is 0.322 e. The van der Waals surface area contributed by atoms with Crippen LogP contribution in [-0.2, 0) is 6.54 Å². The molecule has 0 unspecified atom stereocenters. The molecule has 0 spiro atoms. The van der Waals surface area contributed by atoms with Crippen molar-refractivity contribution in [3.63, 3.8) is 0 Å². The van der Waals surface area contributed by atoms with Gasteiger partial charge in [-0.15, -0.1) is 11.3 Å². The highest BCUT2D eigenvalue weighted by atomic mass is 32.1. The summed E-state index contributed by atoms with van der Waals surface area (Å²) in [6, 6.07) is 8.03. The second-order valence-electron chi connectivity index (χ2n) is 8.86. The van der Waals surface area contributed by atoms with E-state index < -0.39 is 0 Å². The van der Waals surface area contributed by atoms with Crippen LogP contribution in [0.1, 0.15) is 86.8 Å². The molecule has 6 nitrogen and oxygen atoms in total. The Bertz CT molecular complexity index is 870. The molecule has 1 aliphatic rings. The van der Waals surface area contributed by atoms with Crippen LogP contribution < -0.4 is 10.6 Å². The molecular weight excluding hydrogens is 408 g/mol. The molecule has 31 heavy (non-hydrogen) atoms. The van der Waals surface area contributed by atoms with Crippen LogP contribution in [0.3, 0.4) is 0 Å². The second kappa shape index (κ2) is 10.8. The Morgan fingerprint density at radius 1 is 1.10 bits per heavy atom. The third-order valence-electron chi connectivity index (χ3n) is 5.74. The number of anilines is 1. The first kappa shape index (κ1) is 23.3. The van der Waals surface area contributed by atoms with Crippen LogP contribution >= 0.6 is 11.3 Å². The van der Waals surface area contributed by atoms with E-state index >= 15 is 0 Å². The van der Waals surface area contributed by atoms with Gasteiger partial charge >= 0.3 is 6.03 Å². The fraction of sp³-hybridized carbons (Fsp3) is 0.542. The lowest BCUT2D eigenvalue weighted by atomic mass is 9.95. The molecule has 1 aliphatic carbocycles. The first-order valence-corrected chi connectivity index (χ1v) is 12.1. The summed E-state index contributed by atoms with van der Waals surface area (Å²) in [6.07, 6.45) is 5.68. The van der Waals surface area contributed by atoms with Gasteiger partial charge < -0.3 is 15.5 Å². The summed E-state index contributed by atoms with van der Waals surface area (Å²) >= 11 is 1.42. The molecule has 0 saturated heterocycles. The van der Waals surface area contributed by atoms with Crippen LogP contribution in [0.4, 0.5) is 10.5 Å². The summed E-state index contributed by atoms with van der Waals surface area (Å²) in [6.45, 7) is 8.62. The fourth-order valence-corrected chi connectivity index (χ4v) is 4.55. The predicted molar refractivity (Wildman–Crippen MR) is 127 cm³/mol. The van der Waals surface area contributed by atoms with E-state index in [1.54, 1.807) is 10.3 Å². The summed E-state index contributed by atoms with van der Waals surface area (Å²) < 4.78 is 0. The van der Waals surface area contributed by atoms with E-state index in [0.29, 0.717) is 18.2 Å². The topological polar surface area (TPSA) is 74.3 Å². The van der Waals surface area contributed by atoms with Gasteiger partial charge in [-0.1, -0.05) is 45.2 Å². The number of urea groups is 1. The van der Waals surface area contributed by atoms with Crippen molar-refractivity contribution >= 4 is 29.0 Å². The summed E-state index contributed by atoms with van der Waals surface area (Å²) in [4.78, 5) is 31.7. The van der Waals surface area contributed by atoms with Crippen LogP contribution in [0.5, 0.6) is 0 Å². The normalized spacial score (nSPS) is 14.6. The first-order chi connectivity index (χ1) is 14.8. The zero-order valence-electron chi connectivity index (χ0n) is 19.0. The van der Waals surface area contributed by atoms with Crippen LogP contribution in [-0.4, -0.2) is 33.9 Å². The van der Waals surface area contributed by atoms with Gasteiger partial charge in [0, 0.05) is 23.2 Å². The average molecular weight is 443 g/mol. The minimum Gasteiger partial charge on any atom is -0.348 e. The van der Waals surface area contributed by atoms with Gasteiger partial charge in [-0.05, 0) is 50.3 Å². The van der Waals surface area contributed by atoms with Gasteiger partial charge in [0.1, 0.15) is 10.7 Å². The molecule has 0 aliphatic heterocycles. The molecule has 0 atom stereocenters. The molecule has 0 bridgehead atoms. The minimum absolute atomic E-state index is 0.00153. The number of thiazole rings is 1. The van der Waals surface area contributed by atoms with Gasteiger partial charge in [0.2, 0.25) is 0 Å². The summed E-state index contributed by atoms with van der Waals surface area (Å²) in [7, 11) is 0. The molecule has 1 heterocycles. The predicted octanol–water partition coefficient (Wildman–Crippen LogP) is 5.77. The number of benzene rings is 1. The van der Waals surface area contributed by atoms with Gasteiger partial charge in [0.05, 0.1) is 6.54 Å². The largest absolute Gasteiger partial charge is 0.348 e. The maximum absolute atomic E-state index is 12.9. The zero-order valence-corrected chi connectivity index (χ0v) is 19.8. The van der Waals surface area contributed by atoms with Crippen LogP contribution in [0, 0.1) is 0 Å².